The highest BCUT2D eigenvalue weighted by molar-refractivity contribution is 7.99. The number of halogens is 2. The highest BCUT2D eigenvalue weighted by Crippen LogP contribution is 2.27. The Hall–Kier alpha value is -2.68. The van der Waals surface area contributed by atoms with Crippen LogP contribution in [0.5, 0.6) is 11.5 Å². The molecule has 0 aliphatic carbocycles. The highest BCUT2D eigenvalue weighted by Gasteiger charge is 2.20. The largest absolute Gasteiger partial charge is 0.497 e. The van der Waals surface area contributed by atoms with E-state index in [1.54, 1.807) is 31.4 Å². The lowest BCUT2D eigenvalue weighted by Gasteiger charge is -2.16. The van der Waals surface area contributed by atoms with Crippen molar-refractivity contribution < 1.29 is 14.3 Å². The van der Waals surface area contributed by atoms with Gasteiger partial charge in [0.1, 0.15) is 11.5 Å². The van der Waals surface area contributed by atoms with Crippen LogP contribution in [0.2, 0.25) is 10.0 Å². The number of carbonyl (C=O) groups is 1. The maximum absolute atomic E-state index is 12.4. The van der Waals surface area contributed by atoms with Crippen molar-refractivity contribution in [3.05, 3.63) is 71.0 Å². The van der Waals surface area contributed by atoms with Gasteiger partial charge in [0.05, 0.1) is 12.9 Å². The van der Waals surface area contributed by atoms with E-state index < -0.39 is 0 Å². The second kappa shape index (κ2) is 11.3. The molecule has 0 radical (unpaired) electrons. The molecule has 1 atom stereocenters. The Bertz CT molecular complexity index is 1070. The normalized spacial score (nSPS) is 11.6. The predicted molar refractivity (Wildman–Crippen MR) is 128 cm³/mol. The number of thioether (sulfide) groups is 1. The zero-order chi connectivity index (χ0) is 23.1. The predicted octanol–water partition coefficient (Wildman–Crippen LogP) is 5.65. The molecular formula is C22H22Cl2N4O3S. The van der Waals surface area contributed by atoms with Gasteiger partial charge in [-0.1, -0.05) is 41.0 Å². The lowest BCUT2D eigenvalue weighted by atomic mass is 10.3. The molecule has 0 saturated heterocycles. The van der Waals surface area contributed by atoms with Gasteiger partial charge < -0.3 is 14.8 Å². The Balaban J connectivity index is 1.66. The third-order valence-corrected chi connectivity index (χ3v) is 5.67. The minimum Gasteiger partial charge on any atom is -0.497 e. The number of carbonyl (C=O) groups excluding carboxylic acids is 1. The van der Waals surface area contributed by atoms with Crippen molar-refractivity contribution in [3.8, 4) is 11.5 Å². The van der Waals surface area contributed by atoms with Crippen LogP contribution in [-0.4, -0.2) is 33.5 Å². The van der Waals surface area contributed by atoms with Crippen LogP contribution in [-0.2, 0) is 11.3 Å². The minimum atomic E-state index is -0.368. The number of nitrogens with one attached hydrogen (secondary N) is 1. The smallest absolute Gasteiger partial charge is 0.234 e. The molecule has 2 aromatic carbocycles. The van der Waals surface area contributed by atoms with E-state index in [0.29, 0.717) is 39.0 Å². The number of benzene rings is 2. The van der Waals surface area contributed by atoms with Crippen LogP contribution < -0.4 is 14.8 Å². The van der Waals surface area contributed by atoms with E-state index >= 15 is 0 Å². The van der Waals surface area contributed by atoms with Gasteiger partial charge in [0.15, 0.2) is 17.1 Å². The van der Waals surface area contributed by atoms with Crippen molar-refractivity contribution in [3.63, 3.8) is 0 Å². The molecule has 3 rings (SSSR count). The number of aromatic nitrogens is 3. The van der Waals surface area contributed by atoms with E-state index in [-0.39, 0.29) is 17.8 Å². The molecule has 0 bridgehead atoms. The van der Waals surface area contributed by atoms with Gasteiger partial charge in [-0.3, -0.25) is 9.36 Å². The van der Waals surface area contributed by atoms with Crippen molar-refractivity contribution in [2.45, 2.75) is 24.7 Å². The first kappa shape index (κ1) is 24.0. The maximum atomic E-state index is 12.4. The van der Waals surface area contributed by atoms with Gasteiger partial charge in [0.2, 0.25) is 5.91 Å². The number of anilines is 1. The summed E-state index contributed by atoms with van der Waals surface area (Å²) in [6, 6.07) is 12.2. The van der Waals surface area contributed by atoms with Crippen molar-refractivity contribution >= 4 is 46.6 Å². The molecule has 1 N–H and O–H groups in total. The monoisotopic (exact) mass is 492 g/mol. The number of hydrogen-bond donors (Lipinski definition) is 1. The molecule has 1 unspecified atom stereocenters. The van der Waals surface area contributed by atoms with Crippen LogP contribution in [0, 0.1) is 0 Å². The Morgan fingerprint density at radius 2 is 1.84 bits per heavy atom. The highest BCUT2D eigenvalue weighted by atomic mass is 35.5. The lowest BCUT2D eigenvalue weighted by molar-refractivity contribution is -0.113. The molecule has 168 valence electrons. The van der Waals surface area contributed by atoms with Crippen LogP contribution in [0.1, 0.15) is 18.9 Å². The van der Waals surface area contributed by atoms with Crippen molar-refractivity contribution in [2.24, 2.45) is 0 Å². The molecule has 32 heavy (non-hydrogen) atoms. The molecular weight excluding hydrogens is 471 g/mol. The van der Waals surface area contributed by atoms with Crippen LogP contribution in [0.25, 0.3) is 0 Å². The fourth-order valence-corrected chi connectivity index (χ4v) is 4.15. The molecule has 1 heterocycles. The zero-order valence-corrected chi connectivity index (χ0v) is 19.9. The van der Waals surface area contributed by atoms with Gasteiger partial charge in [-0.2, -0.15) is 0 Å². The van der Waals surface area contributed by atoms with Crippen molar-refractivity contribution in [1.82, 2.24) is 14.8 Å². The third-order valence-electron chi connectivity index (χ3n) is 4.27. The molecule has 0 fully saturated rings. The molecule has 0 aliphatic heterocycles. The van der Waals surface area contributed by atoms with Gasteiger partial charge in [0, 0.05) is 22.3 Å². The van der Waals surface area contributed by atoms with E-state index in [1.165, 1.54) is 11.8 Å². The van der Waals surface area contributed by atoms with Crippen molar-refractivity contribution in [1.29, 1.82) is 0 Å². The molecule has 0 aliphatic rings. The summed E-state index contributed by atoms with van der Waals surface area (Å²) in [4.78, 5) is 12.4. The SMILES string of the molecule is C=CCn1c(SCC(=O)Nc2cc(Cl)cc(Cl)c2)nnc1C(C)Oc1ccc(OC)cc1. The molecule has 0 spiro atoms. The van der Waals surface area contributed by atoms with E-state index in [9.17, 15) is 4.79 Å². The Morgan fingerprint density at radius 1 is 1.19 bits per heavy atom. The van der Waals surface area contributed by atoms with Gasteiger partial charge in [-0.05, 0) is 49.4 Å². The summed E-state index contributed by atoms with van der Waals surface area (Å²) in [6.45, 7) is 6.17. The second-order valence-electron chi connectivity index (χ2n) is 6.67. The quantitative estimate of drug-likeness (QED) is 0.291. The maximum Gasteiger partial charge on any atom is 0.234 e. The summed E-state index contributed by atoms with van der Waals surface area (Å²) in [5, 5.41) is 12.8. The van der Waals surface area contributed by atoms with Crippen LogP contribution >= 0.6 is 35.0 Å². The van der Waals surface area contributed by atoms with E-state index in [0.717, 1.165) is 5.75 Å². The number of nitrogens with zero attached hydrogens (tertiary/aromatic N) is 3. The van der Waals surface area contributed by atoms with E-state index in [1.807, 2.05) is 35.8 Å². The number of methoxy groups -OCH3 is 1. The molecule has 3 aromatic rings. The Labute approximate surface area is 200 Å². The standard InChI is InChI=1S/C22H22Cl2N4O3S/c1-4-9-28-21(14(2)31-19-7-5-18(30-3)6-8-19)26-27-22(28)32-13-20(29)25-17-11-15(23)10-16(24)12-17/h4-8,10-12,14H,1,9,13H2,2-3H3,(H,25,29). The summed E-state index contributed by atoms with van der Waals surface area (Å²) >= 11 is 13.2. The zero-order valence-electron chi connectivity index (χ0n) is 17.5. The van der Waals surface area contributed by atoms with Gasteiger partial charge in [0.25, 0.3) is 0 Å². The minimum absolute atomic E-state index is 0.132. The summed E-state index contributed by atoms with van der Waals surface area (Å²) < 4.78 is 13.0. The van der Waals surface area contributed by atoms with Gasteiger partial charge >= 0.3 is 0 Å². The van der Waals surface area contributed by atoms with Gasteiger partial charge in [-0.15, -0.1) is 16.8 Å². The summed E-state index contributed by atoms with van der Waals surface area (Å²) in [5.41, 5.74) is 0.530. The van der Waals surface area contributed by atoms with Crippen LogP contribution in [0.15, 0.2) is 60.3 Å². The fraction of sp³-hybridized carbons (Fsp3) is 0.227. The number of hydrogen-bond acceptors (Lipinski definition) is 6. The van der Waals surface area contributed by atoms with Crippen LogP contribution in [0.3, 0.4) is 0 Å². The number of rotatable bonds is 10. The Kier molecular flexibility index (Phi) is 8.44. The molecule has 0 saturated carbocycles. The first-order valence-electron chi connectivity index (χ1n) is 9.63. The van der Waals surface area contributed by atoms with Gasteiger partial charge in [-0.25, -0.2) is 0 Å². The average molecular weight is 493 g/mol. The lowest BCUT2D eigenvalue weighted by Crippen LogP contribution is -2.15. The van der Waals surface area contributed by atoms with E-state index in [4.69, 9.17) is 32.7 Å². The van der Waals surface area contributed by atoms with Crippen molar-refractivity contribution in [2.75, 3.05) is 18.2 Å². The summed E-state index contributed by atoms with van der Waals surface area (Å²) in [5.74, 6) is 1.97. The fourth-order valence-electron chi connectivity index (χ4n) is 2.87. The topological polar surface area (TPSA) is 78.3 Å². The third kappa shape index (κ3) is 6.41. The molecule has 10 heteroatoms. The number of ether oxygens (including phenoxy) is 2. The molecule has 1 amide bonds. The molecule has 7 nitrogen and oxygen atoms in total. The summed E-state index contributed by atoms with van der Waals surface area (Å²) in [6.07, 6.45) is 1.37. The van der Waals surface area contributed by atoms with E-state index in [2.05, 4.69) is 22.1 Å². The average Bonchev–Trinajstić information content (AvgIpc) is 3.15. The Morgan fingerprint density at radius 3 is 2.47 bits per heavy atom. The molecule has 1 aromatic heterocycles. The van der Waals surface area contributed by atoms with Crippen LogP contribution in [0.4, 0.5) is 5.69 Å². The number of allylic oxidation sites excluding steroid dienone is 1. The second-order valence-corrected chi connectivity index (χ2v) is 8.49. The first-order chi connectivity index (χ1) is 15.4. The number of amides is 1. The summed E-state index contributed by atoms with van der Waals surface area (Å²) in [7, 11) is 1.61. The first-order valence-corrected chi connectivity index (χ1v) is 11.4.